The van der Waals surface area contributed by atoms with Crippen molar-refractivity contribution in [3.05, 3.63) is 12.2 Å². The van der Waals surface area contributed by atoms with Crippen LogP contribution in [0.3, 0.4) is 0 Å². The van der Waals surface area contributed by atoms with E-state index in [1.807, 2.05) is 21.1 Å². The molecule has 0 rings (SSSR count). The van der Waals surface area contributed by atoms with Crippen LogP contribution >= 0.6 is 7.82 Å². The lowest BCUT2D eigenvalue weighted by molar-refractivity contribution is -0.870. The zero-order chi connectivity index (χ0) is 45.0. The molecule has 0 aromatic carbocycles. The van der Waals surface area contributed by atoms with E-state index in [0.29, 0.717) is 17.4 Å². The summed E-state index contributed by atoms with van der Waals surface area (Å²) in [4.78, 5) is 37.7. The molecule has 0 aliphatic heterocycles. The molecule has 0 aromatic rings. The highest BCUT2D eigenvalue weighted by Gasteiger charge is 2.21. The van der Waals surface area contributed by atoms with Crippen LogP contribution in [-0.4, -0.2) is 70.0 Å². The second-order valence-corrected chi connectivity index (χ2v) is 20.3. The van der Waals surface area contributed by atoms with Gasteiger partial charge in [-0.05, 0) is 38.5 Å². The largest absolute Gasteiger partial charge is 0.756 e. The van der Waals surface area contributed by atoms with Gasteiger partial charge in [-0.2, -0.15) is 0 Å². The fourth-order valence-corrected chi connectivity index (χ4v) is 8.20. The molecule has 0 N–H and O–H groups in total. The Hall–Kier alpha value is -1.25. The Morgan fingerprint density at radius 3 is 1.21 bits per heavy atom. The molecule has 0 bridgehead atoms. The van der Waals surface area contributed by atoms with Gasteiger partial charge in [-0.1, -0.05) is 212 Å². The first-order valence-corrected chi connectivity index (χ1v) is 27.4. The summed E-state index contributed by atoms with van der Waals surface area (Å²) >= 11 is 0. The molecule has 0 radical (unpaired) electrons. The van der Waals surface area contributed by atoms with Crippen LogP contribution in [0.2, 0.25) is 0 Å². The summed E-state index contributed by atoms with van der Waals surface area (Å²) in [7, 11) is 1.18. The van der Waals surface area contributed by atoms with Gasteiger partial charge in [0.1, 0.15) is 19.8 Å². The minimum Gasteiger partial charge on any atom is -0.756 e. The van der Waals surface area contributed by atoms with Crippen molar-refractivity contribution in [3.8, 4) is 0 Å². The van der Waals surface area contributed by atoms with Gasteiger partial charge in [0.15, 0.2) is 6.10 Å². The van der Waals surface area contributed by atoms with Gasteiger partial charge in [-0.25, -0.2) is 0 Å². The Morgan fingerprint density at radius 2 is 0.836 bits per heavy atom. The number of quaternary nitrogens is 1. The van der Waals surface area contributed by atoms with E-state index in [4.69, 9.17) is 18.5 Å². The summed E-state index contributed by atoms with van der Waals surface area (Å²) in [5.41, 5.74) is 0. The second-order valence-electron chi connectivity index (χ2n) is 18.9. The van der Waals surface area contributed by atoms with Crippen molar-refractivity contribution < 1.29 is 42.1 Å². The lowest BCUT2D eigenvalue weighted by Crippen LogP contribution is -2.37. The molecule has 0 saturated heterocycles. The van der Waals surface area contributed by atoms with Crippen LogP contribution in [0.1, 0.15) is 251 Å². The monoisotopic (exact) mass is 886 g/mol. The standard InChI is InChI=1S/C51H100NO8P/c1-6-8-10-12-14-16-18-20-22-24-26-28-29-31-33-35-37-39-41-43-50(53)57-47-49(48-59-61(55,56)58-46-45-52(3,4)5)60-51(54)44-42-40-38-36-34-32-30-27-25-23-21-19-17-15-13-11-9-7-2/h23,25,49H,6-22,24,26-48H2,1-5H3/b25-23-. The SMILES string of the molecule is CCCCCCCCC/C=C\CCCCCCCCCC(=O)OC(COC(=O)CCCCCCCCCCCCCCCCCCCCC)COP(=O)([O-])OCC[N+](C)(C)C. The molecule has 362 valence electrons. The number of carbonyl (C=O) groups is 2. The molecule has 0 aromatic heterocycles. The number of likely N-dealkylation sites (N-methyl/N-ethyl adjacent to an activating group) is 1. The molecule has 61 heavy (non-hydrogen) atoms. The molecule has 0 fully saturated rings. The van der Waals surface area contributed by atoms with Gasteiger partial charge in [0.25, 0.3) is 7.82 Å². The van der Waals surface area contributed by atoms with E-state index in [0.717, 1.165) is 44.9 Å². The minimum atomic E-state index is -4.63. The van der Waals surface area contributed by atoms with Crippen LogP contribution in [0.15, 0.2) is 12.2 Å². The maximum absolute atomic E-state index is 12.7. The average Bonchev–Trinajstić information content (AvgIpc) is 3.21. The molecule has 0 saturated carbocycles. The maximum atomic E-state index is 12.7. The highest BCUT2D eigenvalue weighted by molar-refractivity contribution is 7.45. The minimum absolute atomic E-state index is 0.0282. The third-order valence-electron chi connectivity index (χ3n) is 11.5. The first-order valence-electron chi connectivity index (χ1n) is 25.9. The number of hydrogen-bond acceptors (Lipinski definition) is 8. The van der Waals surface area contributed by atoms with E-state index < -0.39 is 26.5 Å². The summed E-state index contributed by atoms with van der Waals surface area (Å²) in [5, 5.41) is 0. The Kier molecular flexibility index (Phi) is 43.1. The number of carbonyl (C=O) groups excluding carboxylic acids is 2. The molecule has 2 atom stereocenters. The second kappa shape index (κ2) is 44.0. The molecule has 0 spiro atoms. The lowest BCUT2D eigenvalue weighted by atomic mass is 10.0. The number of rotatable bonds is 48. The van der Waals surface area contributed by atoms with Crippen LogP contribution < -0.4 is 4.89 Å². The number of nitrogens with zero attached hydrogens (tertiary/aromatic N) is 1. The van der Waals surface area contributed by atoms with Crippen molar-refractivity contribution in [2.75, 3.05) is 47.5 Å². The Morgan fingerprint density at radius 1 is 0.492 bits per heavy atom. The molecule has 0 aliphatic rings. The number of ether oxygens (including phenoxy) is 2. The lowest BCUT2D eigenvalue weighted by Gasteiger charge is -2.28. The maximum Gasteiger partial charge on any atom is 0.306 e. The van der Waals surface area contributed by atoms with Crippen molar-refractivity contribution in [1.82, 2.24) is 0 Å². The van der Waals surface area contributed by atoms with Crippen LogP contribution in [0.25, 0.3) is 0 Å². The smallest absolute Gasteiger partial charge is 0.306 e. The highest BCUT2D eigenvalue weighted by atomic mass is 31.2. The molecule has 2 unspecified atom stereocenters. The first-order chi connectivity index (χ1) is 29.5. The number of phosphoric acid groups is 1. The predicted molar refractivity (Wildman–Crippen MR) is 255 cm³/mol. The number of esters is 2. The molecular weight excluding hydrogens is 786 g/mol. The molecule has 9 nitrogen and oxygen atoms in total. The summed E-state index contributed by atoms with van der Waals surface area (Å²) < 4.78 is 34.1. The number of unbranched alkanes of at least 4 members (excludes halogenated alkanes) is 32. The van der Waals surface area contributed by atoms with Gasteiger partial charge < -0.3 is 27.9 Å². The molecular formula is C51H100NO8P. The predicted octanol–water partition coefficient (Wildman–Crippen LogP) is 14.7. The quantitative estimate of drug-likeness (QED) is 0.0195. The van der Waals surface area contributed by atoms with E-state index in [1.165, 1.54) is 173 Å². The van der Waals surface area contributed by atoms with E-state index >= 15 is 0 Å². The first kappa shape index (κ1) is 59.8. The summed E-state index contributed by atoms with van der Waals surface area (Å²) in [5.74, 6) is -0.824. The number of allylic oxidation sites excluding steroid dienone is 2. The van der Waals surface area contributed by atoms with Gasteiger partial charge in [-0.3, -0.25) is 14.2 Å². The van der Waals surface area contributed by atoms with Crippen LogP contribution in [-0.2, 0) is 32.7 Å². The van der Waals surface area contributed by atoms with Gasteiger partial charge in [0.2, 0.25) is 0 Å². The third kappa shape index (κ3) is 48.1. The topological polar surface area (TPSA) is 111 Å². The normalized spacial score (nSPS) is 13.5. The van der Waals surface area contributed by atoms with E-state index in [9.17, 15) is 19.0 Å². The van der Waals surface area contributed by atoms with Gasteiger partial charge in [0.05, 0.1) is 27.7 Å². The van der Waals surface area contributed by atoms with Crippen molar-refractivity contribution in [2.24, 2.45) is 0 Å². The summed E-state index contributed by atoms with van der Waals surface area (Å²) in [6.45, 7) is 4.27. The van der Waals surface area contributed by atoms with Crippen LogP contribution in [0, 0.1) is 0 Å². The fraction of sp³-hybridized carbons (Fsp3) is 0.922. The Balaban J connectivity index is 4.22. The zero-order valence-corrected chi connectivity index (χ0v) is 41.8. The number of hydrogen-bond donors (Lipinski definition) is 0. The van der Waals surface area contributed by atoms with Gasteiger partial charge in [0, 0.05) is 12.8 Å². The van der Waals surface area contributed by atoms with E-state index in [-0.39, 0.29) is 32.0 Å². The average molecular weight is 886 g/mol. The number of phosphoric ester groups is 1. The molecule has 0 amide bonds. The molecule has 0 aliphatic carbocycles. The molecule has 0 heterocycles. The van der Waals surface area contributed by atoms with Crippen LogP contribution in [0.5, 0.6) is 0 Å². The highest BCUT2D eigenvalue weighted by Crippen LogP contribution is 2.38. The third-order valence-corrected chi connectivity index (χ3v) is 12.5. The van der Waals surface area contributed by atoms with Crippen molar-refractivity contribution in [1.29, 1.82) is 0 Å². The fourth-order valence-electron chi connectivity index (χ4n) is 7.48. The van der Waals surface area contributed by atoms with Gasteiger partial charge in [-0.15, -0.1) is 0 Å². The van der Waals surface area contributed by atoms with Crippen molar-refractivity contribution in [2.45, 2.75) is 258 Å². The van der Waals surface area contributed by atoms with Crippen molar-refractivity contribution >= 4 is 19.8 Å². The van der Waals surface area contributed by atoms with E-state index in [1.54, 1.807) is 0 Å². The Labute approximate surface area is 377 Å². The summed E-state index contributed by atoms with van der Waals surface area (Å²) in [6, 6.07) is 0. The van der Waals surface area contributed by atoms with Gasteiger partial charge >= 0.3 is 11.9 Å². The molecule has 10 heteroatoms. The zero-order valence-electron chi connectivity index (χ0n) is 40.9. The van der Waals surface area contributed by atoms with E-state index in [2.05, 4.69) is 26.0 Å². The van der Waals surface area contributed by atoms with Crippen LogP contribution in [0.4, 0.5) is 0 Å². The van der Waals surface area contributed by atoms with Crippen molar-refractivity contribution in [3.63, 3.8) is 0 Å². The Bertz CT molecular complexity index is 1050. The summed E-state index contributed by atoms with van der Waals surface area (Å²) in [6.07, 6.45) is 48.1.